The summed E-state index contributed by atoms with van der Waals surface area (Å²) in [5.41, 5.74) is 2.15. The zero-order chi connectivity index (χ0) is 19.9. The van der Waals surface area contributed by atoms with Crippen LogP contribution in [-0.4, -0.2) is 28.3 Å². The highest BCUT2D eigenvalue weighted by atomic mass is 35.5. The minimum absolute atomic E-state index is 0.0646. The fraction of sp³-hybridized carbons (Fsp3) is 0.350. The molecule has 2 heterocycles. The number of carbonyl (C=O) groups is 1. The number of para-hydroxylation sites is 2. The highest BCUT2D eigenvalue weighted by Crippen LogP contribution is 2.54. The normalized spacial score (nSPS) is 21.4. The summed E-state index contributed by atoms with van der Waals surface area (Å²) in [5.74, 6) is -0.420. The summed E-state index contributed by atoms with van der Waals surface area (Å²) in [4.78, 5) is 27.4. The third-order valence-electron chi connectivity index (χ3n) is 5.34. The predicted octanol–water partition coefficient (Wildman–Crippen LogP) is 4.85. The number of hydrogen-bond donors (Lipinski definition) is 0. The van der Waals surface area contributed by atoms with Crippen molar-refractivity contribution in [1.29, 1.82) is 0 Å². The Morgan fingerprint density at radius 1 is 1.00 bits per heavy atom. The van der Waals surface area contributed by atoms with Gasteiger partial charge in [0, 0.05) is 25.2 Å². The van der Waals surface area contributed by atoms with E-state index in [1.54, 1.807) is 17.0 Å². The van der Waals surface area contributed by atoms with E-state index in [0.29, 0.717) is 5.56 Å². The molecular formula is C20H19Cl2N3O3. The molecule has 2 aliphatic rings. The van der Waals surface area contributed by atoms with Crippen LogP contribution in [0.4, 0.5) is 17.1 Å². The first-order chi connectivity index (χ1) is 13.4. The van der Waals surface area contributed by atoms with Crippen LogP contribution in [0.1, 0.15) is 30.9 Å². The largest absolute Gasteiger partial charge is 0.370 e. The van der Waals surface area contributed by atoms with Crippen molar-refractivity contribution in [3.8, 4) is 0 Å². The topological polar surface area (TPSA) is 66.7 Å². The molecule has 0 aromatic heterocycles. The highest BCUT2D eigenvalue weighted by Gasteiger charge is 2.61. The van der Waals surface area contributed by atoms with Gasteiger partial charge in [-0.1, -0.05) is 47.5 Å². The Morgan fingerprint density at radius 3 is 2.36 bits per heavy atom. The molecule has 0 saturated carbocycles. The van der Waals surface area contributed by atoms with Gasteiger partial charge in [-0.05, 0) is 37.0 Å². The number of nitrogens with zero attached hydrogens (tertiary/aromatic N) is 3. The quantitative estimate of drug-likeness (QED) is 0.307. The summed E-state index contributed by atoms with van der Waals surface area (Å²) in [7, 11) is 0. The van der Waals surface area contributed by atoms with Crippen molar-refractivity contribution < 1.29 is 9.72 Å². The molecule has 2 fully saturated rings. The van der Waals surface area contributed by atoms with Gasteiger partial charge >= 0.3 is 0 Å². The van der Waals surface area contributed by atoms with Gasteiger partial charge < -0.3 is 4.90 Å². The van der Waals surface area contributed by atoms with E-state index in [0.717, 1.165) is 37.3 Å². The van der Waals surface area contributed by atoms with Crippen molar-refractivity contribution in [3.63, 3.8) is 0 Å². The van der Waals surface area contributed by atoms with Crippen LogP contribution in [0, 0.1) is 10.1 Å². The second kappa shape index (κ2) is 7.26. The number of nitro benzene ring substituents is 1. The molecule has 0 N–H and O–H groups in total. The van der Waals surface area contributed by atoms with Crippen molar-refractivity contribution in [2.45, 2.75) is 29.6 Å². The average molecular weight is 420 g/mol. The molecule has 0 spiro atoms. The van der Waals surface area contributed by atoms with E-state index in [-0.39, 0.29) is 5.69 Å². The monoisotopic (exact) mass is 419 g/mol. The van der Waals surface area contributed by atoms with Gasteiger partial charge in [0.1, 0.15) is 6.04 Å². The van der Waals surface area contributed by atoms with Gasteiger partial charge in [0.25, 0.3) is 11.6 Å². The number of amides is 1. The molecule has 2 aromatic carbocycles. The molecule has 8 heteroatoms. The lowest BCUT2D eigenvalue weighted by atomic mass is 9.91. The fourth-order valence-corrected chi connectivity index (χ4v) is 4.61. The van der Waals surface area contributed by atoms with E-state index >= 15 is 0 Å². The van der Waals surface area contributed by atoms with Crippen molar-refractivity contribution in [1.82, 2.24) is 0 Å². The third kappa shape index (κ3) is 3.10. The van der Waals surface area contributed by atoms with E-state index in [4.69, 9.17) is 23.2 Å². The van der Waals surface area contributed by atoms with Gasteiger partial charge in [0.15, 0.2) is 0 Å². The van der Waals surface area contributed by atoms with Gasteiger partial charge in [-0.25, -0.2) is 0 Å². The van der Waals surface area contributed by atoms with Crippen LogP contribution in [-0.2, 0) is 4.79 Å². The molecule has 4 rings (SSSR count). The molecule has 0 aliphatic carbocycles. The number of nitro groups is 1. The lowest BCUT2D eigenvalue weighted by Gasteiger charge is -2.50. The van der Waals surface area contributed by atoms with E-state index in [2.05, 4.69) is 4.90 Å². The Morgan fingerprint density at radius 2 is 1.68 bits per heavy atom. The summed E-state index contributed by atoms with van der Waals surface area (Å²) < 4.78 is -1.66. The standard InChI is InChI=1S/C20H19Cl2N3O3/c21-20(22)18(14-7-6-8-15(13-14)25(27)28)24(19(20)26)17-10-3-2-9-16(17)23-11-4-1-5-12-23/h2-3,6-10,13,18H,1,4-5,11-12H2. The smallest absolute Gasteiger partial charge is 0.269 e. The van der Waals surface area contributed by atoms with Crippen molar-refractivity contribution in [2.24, 2.45) is 0 Å². The molecule has 2 aromatic rings. The van der Waals surface area contributed by atoms with Gasteiger partial charge in [0.2, 0.25) is 4.33 Å². The van der Waals surface area contributed by atoms with E-state index in [1.165, 1.54) is 18.6 Å². The summed E-state index contributed by atoms with van der Waals surface area (Å²) in [6.45, 7) is 1.85. The van der Waals surface area contributed by atoms with Crippen LogP contribution in [0.5, 0.6) is 0 Å². The molecule has 1 amide bonds. The molecule has 146 valence electrons. The molecule has 2 aliphatic heterocycles. The first-order valence-corrected chi connectivity index (χ1v) is 9.96. The maximum atomic E-state index is 12.8. The first kappa shape index (κ1) is 19.0. The number of halogens is 2. The first-order valence-electron chi connectivity index (χ1n) is 9.21. The molecule has 1 atom stereocenters. The number of rotatable bonds is 4. The number of anilines is 2. The predicted molar refractivity (Wildman–Crippen MR) is 110 cm³/mol. The summed E-state index contributed by atoms with van der Waals surface area (Å²) in [6.07, 6.45) is 3.40. The number of benzene rings is 2. The highest BCUT2D eigenvalue weighted by molar-refractivity contribution is 6.62. The summed E-state index contributed by atoms with van der Waals surface area (Å²) >= 11 is 12.7. The van der Waals surface area contributed by atoms with Gasteiger partial charge in [0.05, 0.1) is 16.3 Å². The zero-order valence-electron chi connectivity index (χ0n) is 15.1. The maximum absolute atomic E-state index is 12.8. The molecule has 6 nitrogen and oxygen atoms in total. The number of β-lactam (4-membered cyclic amide) rings is 1. The molecule has 0 bridgehead atoms. The minimum Gasteiger partial charge on any atom is -0.370 e. The number of piperidine rings is 1. The fourth-order valence-electron chi connectivity index (χ4n) is 3.98. The SMILES string of the molecule is O=C1N(c2ccccc2N2CCCCC2)C(c2cccc([N+](=O)[O-])c2)C1(Cl)Cl. The van der Waals surface area contributed by atoms with Crippen molar-refractivity contribution in [2.75, 3.05) is 22.9 Å². The number of carbonyl (C=O) groups excluding carboxylic acids is 1. The number of non-ortho nitro benzene ring substituents is 1. The van der Waals surface area contributed by atoms with E-state index in [9.17, 15) is 14.9 Å². The lowest BCUT2D eigenvalue weighted by Crippen LogP contribution is -2.63. The van der Waals surface area contributed by atoms with Crippen LogP contribution in [0.3, 0.4) is 0 Å². The molecule has 1 unspecified atom stereocenters. The van der Waals surface area contributed by atoms with Gasteiger partial charge in [-0.3, -0.25) is 19.8 Å². The van der Waals surface area contributed by atoms with E-state index < -0.39 is 21.2 Å². The van der Waals surface area contributed by atoms with Crippen LogP contribution in [0.25, 0.3) is 0 Å². The Labute approximate surface area is 172 Å². The number of hydrogen-bond acceptors (Lipinski definition) is 4. The Balaban J connectivity index is 1.76. The average Bonchev–Trinajstić information content (AvgIpc) is 2.72. The van der Waals surface area contributed by atoms with Gasteiger partial charge in [-0.15, -0.1) is 0 Å². The lowest BCUT2D eigenvalue weighted by molar-refractivity contribution is -0.384. The Bertz CT molecular complexity index is 928. The van der Waals surface area contributed by atoms with Gasteiger partial charge in [-0.2, -0.15) is 0 Å². The summed E-state index contributed by atoms with van der Waals surface area (Å²) in [6, 6.07) is 13.1. The number of alkyl halides is 2. The second-order valence-corrected chi connectivity index (χ2v) is 8.48. The van der Waals surface area contributed by atoms with Crippen LogP contribution < -0.4 is 9.80 Å². The molecular weight excluding hydrogens is 401 g/mol. The molecule has 28 heavy (non-hydrogen) atoms. The Kier molecular flexibility index (Phi) is 4.93. The zero-order valence-corrected chi connectivity index (χ0v) is 16.6. The molecule has 2 saturated heterocycles. The van der Waals surface area contributed by atoms with Crippen LogP contribution >= 0.6 is 23.2 Å². The van der Waals surface area contributed by atoms with Crippen LogP contribution in [0.2, 0.25) is 0 Å². The van der Waals surface area contributed by atoms with Crippen molar-refractivity contribution >= 4 is 46.2 Å². The Hall–Kier alpha value is -2.31. The third-order valence-corrected chi connectivity index (χ3v) is 6.08. The second-order valence-electron chi connectivity index (χ2n) is 7.09. The molecule has 0 radical (unpaired) electrons. The van der Waals surface area contributed by atoms with Crippen LogP contribution in [0.15, 0.2) is 48.5 Å². The minimum atomic E-state index is -1.66. The maximum Gasteiger partial charge on any atom is 0.269 e. The summed E-state index contributed by atoms with van der Waals surface area (Å²) in [5, 5.41) is 11.2. The van der Waals surface area contributed by atoms with E-state index in [1.807, 2.05) is 24.3 Å². The van der Waals surface area contributed by atoms with Crippen molar-refractivity contribution in [3.05, 3.63) is 64.2 Å².